The Balaban J connectivity index is 2.91. The molecule has 1 aromatic heterocycles. The Morgan fingerprint density at radius 1 is 1.35 bits per heavy atom. The van der Waals surface area contributed by atoms with E-state index in [9.17, 15) is 0 Å². The van der Waals surface area contributed by atoms with E-state index in [0.717, 1.165) is 11.1 Å². The zero-order valence-electron chi connectivity index (χ0n) is 10.6. The van der Waals surface area contributed by atoms with Crippen molar-refractivity contribution in [3.63, 3.8) is 0 Å². The van der Waals surface area contributed by atoms with E-state index in [4.69, 9.17) is 15.3 Å². The molecule has 0 aliphatic rings. The highest BCUT2D eigenvalue weighted by atomic mass is 16.7. The summed E-state index contributed by atoms with van der Waals surface area (Å²) >= 11 is 0. The summed E-state index contributed by atoms with van der Waals surface area (Å²) in [6.45, 7) is 7.01. The van der Waals surface area contributed by atoms with E-state index in [2.05, 4.69) is 10.4 Å². The summed E-state index contributed by atoms with van der Waals surface area (Å²) < 4.78 is 11.1. The van der Waals surface area contributed by atoms with E-state index in [1.165, 1.54) is 0 Å². The molecule has 1 rings (SSSR count). The van der Waals surface area contributed by atoms with Crippen LogP contribution in [0.15, 0.2) is 18.5 Å². The van der Waals surface area contributed by atoms with Gasteiger partial charge in [-0.2, -0.15) is 0 Å². The van der Waals surface area contributed by atoms with Crippen LogP contribution in [0.4, 0.5) is 0 Å². The smallest absolute Gasteiger partial charge is 0.178 e. The van der Waals surface area contributed by atoms with Crippen molar-refractivity contribution in [2.24, 2.45) is 5.84 Å². The minimum atomic E-state index is -0.405. The number of pyridine rings is 1. The monoisotopic (exact) mass is 239 g/mol. The first-order valence-electron chi connectivity index (χ1n) is 5.84. The summed E-state index contributed by atoms with van der Waals surface area (Å²) in [4.78, 5) is 4.11. The lowest BCUT2D eigenvalue weighted by Gasteiger charge is -2.27. The lowest BCUT2D eigenvalue weighted by molar-refractivity contribution is -0.155. The molecule has 0 spiro atoms. The predicted octanol–water partition coefficient (Wildman–Crippen LogP) is 1.29. The zero-order valence-corrected chi connectivity index (χ0v) is 10.6. The molecule has 1 atom stereocenters. The second kappa shape index (κ2) is 7.34. The number of rotatable bonds is 7. The number of hydrogen-bond donors (Lipinski definition) is 2. The summed E-state index contributed by atoms with van der Waals surface area (Å²) in [7, 11) is 0. The van der Waals surface area contributed by atoms with E-state index < -0.39 is 6.29 Å². The maximum absolute atomic E-state index is 5.60. The van der Waals surface area contributed by atoms with E-state index in [1.54, 1.807) is 12.4 Å². The van der Waals surface area contributed by atoms with Gasteiger partial charge in [-0.15, -0.1) is 0 Å². The molecule has 0 saturated carbocycles. The molecule has 5 nitrogen and oxygen atoms in total. The minimum absolute atomic E-state index is 0.219. The average Bonchev–Trinajstić information content (AvgIpc) is 2.33. The molecule has 17 heavy (non-hydrogen) atoms. The number of aryl methyl sites for hydroxylation is 1. The molecule has 0 aromatic carbocycles. The molecule has 0 bridgehead atoms. The summed E-state index contributed by atoms with van der Waals surface area (Å²) in [6.07, 6.45) is 3.13. The topological polar surface area (TPSA) is 69.4 Å². The Bertz CT molecular complexity index is 327. The van der Waals surface area contributed by atoms with Crippen molar-refractivity contribution >= 4 is 0 Å². The summed E-state index contributed by atoms with van der Waals surface area (Å²) in [5.74, 6) is 5.60. The number of ether oxygens (including phenoxy) is 2. The maximum Gasteiger partial charge on any atom is 0.178 e. The molecule has 0 aliphatic carbocycles. The van der Waals surface area contributed by atoms with E-state index >= 15 is 0 Å². The molecule has 0 saturated heterocycles. The van der Waals surface area contributed by atoms with E-state index in [-0.39, 0.29) is 6.04 Å². The molecule has 0 aliphatic heterocycles. The van der Waals surface area contributed by atoms with Crippen molar-refractivity contribution in [3.8, 4) is 0 Å². The number of nitrogens with zero attached hydrogens (tertiary/aromatic N) is 1. The molecule has 1 aromatic rings. The maximum atomic E-state index is 5.60. The van der Waals surface area contributed by atoms with Crippen LogP contribution in [0.1, 0.15) is 31.0 Å². The fourth-order valence-electron chi connectivity index (χ4n) is 1.69. The van der Waals surface area contributed by atoms with Gasteiger partial charge in [0.25, 0.3) is 0 Å². The molecular weight excluding hydrogens is 218 g/mol. The molecule has 1 unspecified atom stereocenters. The van der Waals surface area contributed by atoms with Crippen LogP contribution in [0, 0.1) is 6.92 Å². The van der Waals surface area contributed by atoms with Crippen LogP contribution in [0.25, 0.3) is 0 Å². The highest BCUT2D eigenvalue weighted by Gasteiger charge is 2.24. The van der Waals surface area contributed by atoms with Gasteiger partial charge in [0, 0.05) is 25.6 Å². The average molecular weight is 239 g/mol. The van der Waals surface area contributed by atoms with Crippen LogP contribution >= 0.6 is 0 Å². The largest absolute Gasteiger partial charge is 0.351 e. The first-order valence-corrected chi connectivity index (χ1v) is 5.84. The summed E-state index contributed by atoms with van der Waals surface area (Å²) in [6, 6.07) is 1.72. The van der Waals surface area contributed by atoms with Crippen molar-refractivity contribution < 1.29 is 9.47 Å². The fourth-order valence-corrected chi connectivity index (χ4v) is 1.69. The Morgan fingerprint density at radius 2 is 2.00 bits per heavy atom. The molecule has 0 fully saturated rings. The third-order valence-electron chi connectivity index (χ3n) is 2.53. The SMILES string of the molecule is CCOC(OCC)C(NN)c1cnccc1C. The van der Waals surface area contributed by atoms with Crippen molar-refractivity contribution in [2.45, 2.75) is 33.1 Å². The molecule has 1 heterocycles. The fraction of sp³-hybridized carbons (Fsp3) is 0.583. The normalized spacial score (nSPS) is 13.0. The van der Waals surface area contributed by atoms with Crippen LogP contribution < -0.4 is 11.3 Å². The van der Waals surface area contributed by atoms with Gasteiger partial charge < -0.3 is 9.47 Å². The van der Waals surface area contributed by atoms with Crippen molar-refractivity contribution in [1.29, 1.82) is 0 Å². The van der Waals surface area contributed by atoms with Gasteiger partial charge in [0.2, 0.25) is 0 Å². The summed E-state index contributed by atoms with van der Waals surface area (Å²) in [5, 5.41) is 0. The lowest BCUT2D eigenvalue weighted by atomic mass is 10.0. The third-order valence-corrected chi connectivity index (χ3v) is 2.53. The number of aromatic nitrogens is 1. The molecule has 96 valence electrons. The van der Waals surface area contributed by atoms with E-state index in [0.29, 0.717) is 13.2 Å². The van der Waals surface area contributed by atoms with Crippen LogP contribution in [-0.2, 0) is 9.47 Å². The molecular formula is C12H21N3O2. The van der Waals surface area contributed by atoms with E-state index in [1.807, 2.05) is 26.8 Å². The van der Waals surface area contributed by atoms with Gasteiger partial charge >= 0.3 is 0 Å². The van der Waals surface area contributed by atoms with Crippen molar-refractivity contribution in [3.05, 3.63) is 29.6 Å². The molecule has 0 amide bonds. The Hall–Kier alpha value is -1.01. The van der Waals surface area contributed by atoms with Crippen molar-refractivity contribution in [1.82, 2.24) is 10.4 Å². The Kier molecular flexibility index (Phi) is 6.07. The Morgan fingerprint density at radius 3 is 2.47 bits per heavy atom. The van der Waals surface area contributed by atoms with Gasteiger partial charge in [0.05, 0.1) is 6.04 Å². The first-order chi connectivity index (χ1) is 8.24. The number of hydrogen-bond acceptors (Lipinski definition) is 5. The highest BCUT2D eigenvalue weighted by molar-refractivity contribution is 5.25. The van der Waals surface area contributed by atoms with Crippen molar-refractivity contribution in [2.75, 3.05) is 13.2 Å². The lowest BCUT2D eigenvalue weighted by Crippen LogP contribution is -2.40. The second-order valence-electron chi connectivity index (χ2n) is 3.66. The van der Waals surface area contributed by atoms with Crippen LogP contribution in [0.2, 0.25) is 0 Å². The predicted molar refractivity (Wildman–Crippen MR) is 66.1 cm³/mol. The van der Waals surface area contributed by atoms with Gasteiger partial charge in [-0.25, -0.2) is 5.43 Å². The molecule has 5 heteroatoms. The number of nitrogens with two attached hydrogens (primary N) is 1. The zero-order chi connectivity index (χ0) is 12.7. The number of nitrogens with one attached hydrogen (secondary N) is 1. The van der Waals surface area contributed by atoms with Crippen LogP contribution in [0.3, 0.4) is 0 Å². The van der Waals surface area contributed by atoms with Gasteiger partial charge in [0.15, 0.2) is 6.29 Å². The number of hydrazine groups is 1. The van der Waals surface area contributed by atoms with Gasteiger partial charge in [-0.3, -0.25) is 10.8 Å². The summed E-state index contributed by atoms with van der Waals surface area (Å²) in [5.41, 5.74) is 4.83. The molecule has 3 N–H and O–H groups in total. The van der Waals surface area contributed by atoms with Gasteiger partial charge in [0.1, 0.15) is 0 Å². The highest BCUT2D eigenvalue weighted by Crippen LogP contribution is 2.21. The minimum Gasteiger partial charge on any atom is -0.351 e. The van der Waals surface area contributed by atoms with Gasteiger partial charge in [-0.05, 0) is 38.0 Å². The second-order valence-corrected chi connectivity index (χ2v) is 3.66. The van der Waals surface area contributed by atoms with Gasteiger partial charge in [-0.1, -0.05) is 0 Å². The van der Waals surface area contributed by atoms with Crippen LogP contribution in [0.5, 0.6) is 0 Å². The van der Waals surface area contributed by atoms with Crippen LogP contribution in [-0.4, -0.2) is 24.5 Å². The first kappa shape index (κ1) is 14.1. The Labute approximate surface area is 102 Å². The standard InChI is InChI=1S/C12H21N3O2/c1-4-16-12(17-5-2)11(15-13)10-8-14-7-6-9(10)3/h6-8,11-12,15H,4-5,13H2,1-3H3. The third kappa shape index (κ3) is 3.74. The quantitative estimate of drug-likeness (QED) is 0.426. The molecule has 0 radical (unpaired) electrons.